The lowest BCUT2D eigenvalue weighted by Crippen LogP contribution is -2.44. The smallest absolute Gasteiger partial charge is 0.336 e. The van der Waals surface area contributed by atoms with Crippen LogP contribution < -0.4 is 16.4 Å². The van der Waals surface area contributed by atoms with Crippen LogP contribution in [0.4, 0.5) is 10.5 Å². The second kappa shape index (κ2) is 5.85. The van der Waals surface area contributed by atoms with Crippen LogP contribution >= 0.6 is 0 Å². The molecule has 102 valence electrons. The molecule has 3 amide bonds. The normalized spacial score (nSPS) is 11.5. The van der Waals surface area contributed by atoms with Crippen LogP contribution in [0.3, 0.4) is 0 Å². The van der Waals surface area contributed by atoms with E-state index in [1.807, 2.05) is 0 Å². The highest BCUT2D eigenvalue weighted by atomic mass is 16.4. The Balaban J connectivity index is 2.83. The fourth-order valence-corrected chi connectivity index (χ4v) is 1.46. The number of urea groups is 1. The van der Waals surface area contributed by atoms with E-state index in [2.05, 4.69) is 10.6 Å². The number of nitrogens with one attached hydrogen (secondary N) is 2. The highest BCUT2D eigenvalue weighted by Crippen LogP contribution is 2.15. The van der Waals surface area contributed by atoms with Crippen molar-refractivity contribution in [1.82, 2.24) is 5.32 Å². The van der Waals surface area contributed by atoms with Crippen molar-refractivity contribution in [2.24, 2.45) is 5.73 Å². The van der Waals surface area contributed by atoms with Crippen molar-refractivity contribution in [1.29, 1.82) is 0 Å². The average molecular weight is 265 g/mol. The zero-order valence-corrected chi connectivity index (χ0v) is 10.6. The highest BCUT2D eigenvalue weighted by Gasteiger charge is 2.15. The number of rotatable bonds is 4. The van der Waals surface area contributed by atoms with E-state index in [-0.39, 0.29) is 5.56 Å². The predicted octanol–water partition coefficient (Wildman–Crippen LogP) is 0.689. The number of anilines is 1. The van der Waals surface area contributed by atoms with Crippen LogP contribution in [0.25, 0.3) is 0 Å². The molecule has 0 fully saturated rings. The van der Waals surface area contributed by atoms with Gasteiger partial charge < -0.3 is 21.5 Å². The third-order valence-electron chi connectivity index (χ3n) is 2.49. The predicted molar refractivity (Wildman–Crippen MR) is 68.9 cm³/mol. The third kappa shape index (κ3) is 3.98. The first-order valence-electron chi connectivity index (χ1n) is 5.52. The topological polar surface area (TPSA) is 122 Å². The van der Waals surface area contributed by atoms with Crippen LogP contribution in [-0.2, 0) is 4.79 Å². The monoisotopic (exact) mass is 265 g/mol. The summed E-state index contributed by atoms with van der Waals surface area (Å²) >= 11 is 0. The van der Waals surface area contributed by atoms with Crippen molar-refractivity contribution < 1.29 is 19.5 Å². The maximum Gasteiger partial charge on any atom is 0.336 e. The summed E-state index contributed by atoms with van der Waals surface area (Å²) in [6.07, 6.45) is 0. The van der Waals surface area contributed by atoms with E-state index in [0.717, 1.165) is 0 Å². The highest BCUT2D eigenvalue weighted by molar-refractivity contribution is 5.98. The molecular formula is C12H15N3O4. The number of hydrogen-bond donors (Lipinski definition) is 4. The summed E-state index contributed by atoms with van der Waals surface area (Å²) in [5, 5.41) is 13.7. The van der Waals surface area contributed by atoms with Gasteiger partial charge in [0.05, 0.1) is 5.56 Å². The molecule has 0 aliphatic rings. The Morgan fingerprint density at radius 3 is 2.47 bits per heavy atom. The Labute approximate surface area is 109 Å². The summed E-state index contributed by atoms with van der Waals surface area (Å²) in [6, 6.07) is 2.90. The SMILES string of the molecule is Cc1ccc(NC(=O)C(C)NC(N)=O)cc1C(=O)O. The molecule has 0 radical (unpaired) electrons. The van der Waals surface area contributed by atoms with E-state index < -0.39 is 23.9 Å². The Hall–Kier alpha value is -2.57. The standard InChI is InChI=1S/C12H15N3O4/c1-6-3-4-8(5-9(6)11(17)18)15-10(16)7(2)14-12(13)19/h3-5,7H,1-2H3,(H,15,16)(H,17,18)(H3,13,14,19). The molecule has 0 heterocycles. The molecule has 0 aliphatic carbocycles. The number of amides is 3. The first-order valence-corrected chi connectivity index (χ1v) is 5.52. The van der Waals surface area contributed by atoms with Crippen molar-refractivity contribution in [2.45, 2.75) is 19.9 Å². The van der Waals surface area contributed by atoms with E-state index in [1.54, 1.807) is 19.1 Å². The number of nitrogens with two attached hydrogens (primary N) is 1. The summed E-state index contributed by atoms with van der Waals surface area (Å²) in [5.74, 6) is -1.56. The fraction of sp³-hybridized carbons (Fsp3) is 0.250. The largest absolute Gasteiger partial charge is 0.478 e. The minimum Gasteiger partial charge on any atom is -0.478 e. The van der Waals surface area contributed by atoms with Crippen molar-refractivity contribution in [3.05, 3.63) is 29.3 Å². The summed E-state index contributed by atoms with van der Waals surface area (Å²) in [4.78, 5) is 33.2. The number of carboxylic acid groups (broad SMARTS) is 1. The molecule has 0 bridgehead atoms. The van der Waals surface area contributed by atoms with Crippen LogP contribution in [0.2, 0.25) is 0 Å². The number of carbonyl (C=O) groups excluding carboxylic acids is 2. The van der Waals surface area contributed by atoms with Crippen LogP contribution in [0.1, 0.15) is 22.8 Å². The van der Waals surface area contributed by atoms with Crippen molar-refractivity contribution in [3.63, 3.8) is 0 Å². The van der Waals surface area contributed by atoms with Crippen molar-refractivity contribution in [3.8, 4) is 0 Å². The van der Waals surface area contributed by atoms with Gasteiger partial charge >= 0.3 is 12.0 Å². The van der Waals surface area contributed by atoms with Crippen molar-refractivity contribution in [2.75, 3.05) is 5.32 Å². The first-order chi connectivity index (χ1) is 8.81. The molecule has 0 aromatic heterocycles. The minimum absolute atomic E-state index is 0.105. The zero-order chi connectivity index (χ0) is 14.6. The van der Waals surface area contributed by atoms with Gasteiger partial charge in [-0.1, -0.05) is 6.07 Å². The van der Waals surface area contributed by atoms with Gasteiger partial charge in [0, 0.05) is 5.69 Å². The maximum atomic E-state index is 11.7. The van der Waals surface area contributed by atoms with Crippen LogP contribution in [-0.4, -0.2) is 29.1 Å². The molecular weight excluding hydrogens is 250 g/mol. The second-order valence-corrected chi connectivity index (χ2v) is 4.05. The molecule has 19 heavy (non-hydrogen) atoms. The van der Waals surface area contributed by atoms with E-state index >= 15 is 0 Å². The van der Waals surface area contributed by atoms with E-state index in [4.69, 9.17) is 10.8 Å². The van der Waals surface area contributed by atoms with Gasteiger partial charge in [-0.25, -0.2) is 9.59 Å². The van der Waals surface area contributed by atoms with Crippen LogP contribution in [0.5, 0.6) is 0 Å². The molecule has 0 aliphatic heterocycles. The fourth-order valence-electron chi connectivity index (χ4n) is 1.46. The number of hydrogen-bond acceptors (Lipinski definition) is 3. The van der Waals surface area contributed by atoms with E-state index in [9.17, 15) is 14.4 Å². The number of primary amides is 1. The molecule has 7 nitrogen and oxygen atoms in total. The molecule has 1 atom stereocenters. The first kappa shape index (κ1) is 14.5. The lowest BCUT2D eigenvalue weighted by molar-refractivity contribution is -0.117. The lowest BCUT2D eigenvalue weighted by Gasteiger charge is -2.13. The molecule has 0 saturated heterocycles. The summed E-state index contributed by atoms with van der Waals surface area (Å²) in [5.41, 5.74) is 5.94. The van der Waals surface area contributed by atoms with Gasteiger partial charge in [0.15, 0.2) is 0 Å². The quantitative estimate of drug-likeness (QED) is 0.639. The molecule has 1 rings (SSSR count). The maximum absolute atomic E-state index is 11.7. The molecule has 1 unspecified atom stereocenters. The summed E-state index contributed by atoms with van der Waals surface area (Å²) < 4.78 is 0. The third-order valence-corrected chi connectivity index (χ3v) is 2.49. The number of aryl methyl sites for hydroxylation is 1. The Kier molecular flexibility index (Phi) is 4.46. The number of carboxylic acids is 1. The van der Waals surface area contributed by atoms with Gasteiger partial charge in [-0.3, -0.25) is 4.79 Å². The zero-order valence-electron chi connectivity index (χ0n) is 10.6. The van der Waals surface area contributed by atoms with Gasteiger partial charge in [-0.05, 0) is 31.5 Å². The number of benzene rings is 1. The molecule has 0 spiro atoms. The van der Waals surface area contributed by atoms with Crippen LogP contribution in [0.15, 0.2) is 18.2 Å². The van der Waals surface area contributed by atoms with Gasteiger partial charge in [-0.2, -0.15) is 0 Å². The number of carbonyl (C=O) groups is 3. The van der Waals surface area contributed by atoms with Gasteiger partial charge in [0.2, 0.25) is 5.91 Å². The molecule has 5 N–H and O–H groups in total. The Bertz CT molecular complexity index is 528. The van der Waals surface area contributed by atoms with Gasteiger partial charge in [-0.15, -0.1) is 0 Å². The minimum atomic E-state index is -1.07. The second-order valence-electron chi connectivity index (χ2n) is 4.05. The van der Waals surface area contributed by atoms with Gasteiger partial charge in [0.1, 0.15) is 6.04 Å². The summed E-state index contributed by atoms with van der Waals surface area (Å²) in [6.45, 7) is 3.12. The van der Waals surface area contributed by atoms with E-state index in [1.165, 1.54) is 13.0 Å². The molecule has 1 aromatic rings. The van der Waals surface area contributed by atoms with Crippen molar-refractivity contribution >= 4 is 23.6 Å². The molecule has 1 aromatic carbocycles. The summed E-state index contributed by atoms with van der Waals surface area (Å²) in [7, 11) is 0. The van der Waals surface area contributed by atoms with Crippen LogP contribution in [0, 0.1) is 6.92 Å². The Morgan fingerprint density at radius 2 is 1.95 bits per heavy atom. The van der Waals surface area contributed by atoms with E-state index in [0.29, 0.717) is 11.3 Å². The lowest BCUT2D eigenvalue weighted by atomic mass is 10.1. The molecule has 7 heteroatoms. The number of aromatic carboxylic acids is 1. The van der Waals surface area contributed by atoms with Gasteiger partial charge in [0.25, 0.3) is 0 Å². The average Bonchev–Trinajstić information content (AvgIpc) is 2.30. The molecule has 0 saturated carbocycles. The Morgan fingerprint density at radius 1 is 1.32 bits per heavy atom.